The average molecular weight is 293 g/mol. The Morgan fingerprint density at radius 3 is 2.52 bits per heavy atom. The minimum absolute atomic E-state index is 0.0598. The Morgan fingerprint density at radius 1 is 1.43 bits per heavy atom. The van der Waals surface area contributed by atoms with E-state index in [1.165, 1.54) is 0 Å². The first-order valence-corrected chi connectivity index (χ1v) is 7.38. The van der Waals surface area contributed by atoms with E-state index in [4.69, 9.17) is 0 Å². The molecular weight excluding hydrogens is 270 g/mol. The SMILES string of the molecule is Cc1cc(C)n(CC(=O)NC2(C(=O)O)CCC(C)CC2)n1. The fourth-order valence-electron chi connectivity index (χ4n) is 2.92. The summed E-state index contributed by atoms with van der Waals surface area (Å²) in [5.41, 5.74) is 0.628. The zero-order valence-corrected chi connectivity index (χ0v) is 12.8. The van der Waals surface area contributed by atoms with E-state index in [-0.39, 0.29) is 12.5 Å². The number of aryl methyl sites for hydroxylation is 2. The lowest BCUT2D eigenvalue weighted by molar-refractivity contribution is -0.149. The molecule has 1 aromatic rings. The van der Waals surface area contributed by atoms with E-state index >= 15 is 0 Å². The Kier molecular flexibility index (Phi) is 4.34. The summed E-state index contributed by atoms with van der Waals surface area (Å²) in [4.78, 5) is 23.8. The van der Waals surface area contributed by atoms with Crippen molar-refractivity contribution in [3.63, 3.8) is 0 Å². The van der Waals surface area contributed by atoms with Crippen LogP contribution in [-0.2, 0) is 16.1 Å². The summed E-state index contributed by atoms with van der Waals surface area (Å²) in [6.07, 6.45) is 2.64. The number of aliphatic carboxylic acids is 1. The second-order valence-corrected chi connectivity index (χ2v) is 6.20. The van der Waals surface area contributed by atoms with Crippen LogP contribution in [-0.4, -0.2) is 32.3 Å². The summed E-state index contributed by atoms with van der Waals surface area (Å²) in [6.45, 7) is 5.92. The summed E-state index contributed by atoms with van der Waals surface area (Å²) in [5.74, 6) is -0.709. The molecule has 1 fully saturated rings. The first-order chi connectivity index (χ1) is 9.82. The second kappa shape index (κ2) is 5.87. The summed E-state index contributed by atoms with van der Waals surface area (Å²) in [7, 11) is 0. The zero-order valence-electron chi connectivity index (χ0n) is 12.8. The normalized spacial score (nSPS) is 25.6. The number of amides is 1. The van der Waals surface area contributed by atoms with Gasteiger partial charge in [0, 0.05) is 5.69 Å². The number of carboxylic acids is 1. The average Bonchev–Trinajstić information content (AvgIpc) is 2.70. The van der Waals surface area contributed by atoms with Crippen molar-refractivity contribution in [1.82, 2.24) is 15.1 Å². The highest BCUT2D eigenvalue weighted by atomic mass is 16.4. The molecule has 1 heterocycles. The zero-order chi connectivity index (χ0) is 15.6. The molecule has 6 heteroatoms. The maximum Gasteiger partial charge on any atom is 0.329 e. The second-order valence-electron chi connectivity index (χ2n) is 6.20. The van der Waals surface area contributed by atoms with E-state index in [1.807, 2.05) is 19.9 Å². The van der Waals surface area contributed by atoms with Gasteiger partial charge < -0.3 is 10.4 Å². The molecule has 116 valence electrons. The van der Waals surface area contributed by atoms with Crippen molar-refractivity contribution in [1.29, 1.82) is 0 Å². The van der Waals surface area contributed by atoms with Crippen LogP contribution < -0.4 is 5.32 Å². The van der Waals surface area contributed by atoms with E-state index < -0.39 is 11.5 Å². The van der Waals surface area contributed by atoms with Crippen LogP contribution in [0.3, 0.4) is 0 Å². The lowest BCUT2D eigenvalue weighted by Crippen LogP contribution is -2.57. The van der Waals surface area contributed by atoms with Gasteiger partial charge in [0.2, 0.25) is 5.91 Å². The van der Waals surface area contributed by atoms with E-state index in [0.717, 1.165) is 24.2 Å². The molecule has 1 aliphatic carbocycles. The van der Waals surface area contributed by atoms with Gasteiger partial charge in [0.1, 0.15) is 12.1 Å². The number of nitrogens with zero attached hydrogens (tertiary/aromatic N) is 2. The molecule has 1 aromatic heterocycles. The number of hydrogen-bond acceptors (Lipinski definition) is 3. The van der Waals surface area contributed by atoms with Crippen molar-refractivity contribution in [2.75, 3.05) is 0 Å². The van der Waals surface area contributed by atoms with E-state index in [0.29, 0.717) is 18.8 Å². The van der Waals surface area contributed by atoms with Gasteiger partial charge in [-0.25, -0.2) is 4.79 Å². The van der Waals surface area contributed by atoms with Crippen LogP contribution in [0.4, 0.5) is 0 Å². The molecule has 0 spiro atoms. The molecule has 0 atom stereocenters. The smallest absolute Gasteiger partial charge is 0.329 e. The predicted octanol–water partition coefficient (Wildman–Crippen LogP) is 1.65. The van der Waals surface area contributed by atoms with Gasteiger partial charge in [0.15, 0.2) is 0 Å². The molecule has 2 rings (SSSR count). The van der Waals surface area contributed by atoms with Crippen LogP contribution in [0.15, 0.2) is 6.07 Å². The molecular formula is C15H23N3O3. The van der Waals surface area contributed by atoms with Gasteiger partial charge in [0.05, 0.1) is 5.69 Å². The first-order valence-electron chi connectivity index (χ1n) is 7.38. The van der Waals surface area contributed by atoms with Crippen molar-refractivity contribution in [3.05, 3.63) is 17.5 Å². The molecule has 0 radical (unpaired) electrons. The van der Waals surface area contributed by atoms with Crippen LogP contribution >= 0.6 is 0 Å². The number of carbonyl (C=O) groups is 2. The molecule has 6 nitrogen and oxygen atoms in total. The fourth-order valence-corrected chi connectivity index (χ4v) is 2.92. The molecule has 1 aliphatic rings. The largest absolute Gasteiger partial charge is 0.480 e. The Balaban J connectivity index is 2.05. The van der Waals surface area contributed by atoms with Gasteiger partial charge in [-0.05, 0) is 51.5 Å². The predicted molar refractivity (Wildman–Crippen MR) is 77.8 cm³/mol. The van der Waals surface area contributed by atoms with Gasteiger partial charge >= 0.3 is 5.97 Å². The first kappa shape index (κ1) is 15.5. The quantitative estimate of drug-likeness (QED) is 0.884. The Bertz CT molecular complexity index is 542. The third-order valence-corrected chi connectivity index (χ3v) is 4.31. The minimum Gasteiger partial charge on any atom is -0.480 e. The van der Waals surface area contributed by atoms with Gasteiger partial charge in [-0.15, -0.1) is 0 Å². The highest BCUT2D eigenvalue weighted by Crippen LogP contribution is 2.32. The van der Waals surface area contributed by atoms with E-state index in [1.54, 1.807) is 4.68 Å². The van der Waals surface area contributed by atoms with E-state index in [9.17, 15) is 14.7 Å². The molecule has 0 unspecified atom stereocenters. The molecule has 1 saturated carbocycles. The molecule has 21 heavy (non-hydrogen) atoms. The molecule has 1 amide bonds. The summed E-state index contributed by atoms with van der Waals surface area (Å²) < 4.78 is 1.60. The Hall–Kier alpha value is -1.85. The number of nitrogens with one attached hydrogen (secondary N) is 1. The molecule has 0 aromatic carbocycles. The van der Waals surface area contributed by atoms with Gasteiger partial charge in [-0.1, -0.05) is 6.92 Å². The standard InChI is InChI=1S/C15H23N3O3/c1-10-4-6-15(7-5-10,14(20)21)16-13(19)9-18-12(3)8-11(2)17-18/h8,10H,4-7,9H2,1-3H3,(H,16,19)(H,20,21). The lowest BCUT2D eigenvalue weighted by Gasteiger charge is -2.36. The molecule has 0 saturated heterocycles. The van der Waals surface area contributed by atoms with Gasteiger partial charge in [0.25, 0.3) is 0 Å². The minimum atomic E-state index is -1.11. The third-order valence-electron chi connectivity index (χ3n) is 4.31. The van der Waals surface area contributed by atoms with Gasteiger partial charge in [-0.2, -0.15) is 5.10 Å². The van der Waals surface area contributed by atoms with Crippen LogP contribution in [0.2, 0.25) is 0 Å². The molecule has 0 bridgehead atoms. The maximum absolute atomic E-state index is 12.2. The molecule has 2 N–H and O–H groups in total. The highest BCUT2D eigenvalue weighted by molar-refractivity contribution is 5.87. The third kappa shape index (κ3) is 3.43. The van der Waals surface area contributed by atoms with Crippen LogP contribution in [0.1, 0.15) is 44.0 Å². The number of carbonyl (C=O) groups excluding carboxylic acids is 1. The highest BCUT2D eigenvalue weighted by Gasteiger charge is 2.42. The summed E-state index contributed by atoms with van der Waals surface area (Å²) in [6, 6.07) is 1.89. The lowest BCUT2D eigenvalue weighted by atomic mass is 9.77. The number of hydrogen-bond donors (Lipinski definition) is 2. The summed E-state index contributed by atoms with van der Waals surface area (Å²) in [5, 5.41) is 16.5. The fraction of sp³-hybridized carbons (Fsp3) is 0.667. The van der Waals surface area contributed by atoms with Crippen molar-refractivity contribution >= 4 is 11.9 Å². The molecule has 0 aliphatic heterocycles. The van der Waals surface area contributed by atoms with Crippen molar-refractivity contribution in [3.8, 4) is 0 Å². The van der Waals surface area contributed by atoms with Crippen molar-refractivity contribution < 1.29 is 14.7 Å². The number of carboxylic acid groups (broad SMARTS) is 1. The van der Waals surface area contributed by atoms with Crippen LogP contribution in [0, 0.1) is 19.8 Å². The topological polar surface area (TPSA) is 84.2 Å². The van der Waals surface area contributed by atoms with E-state index in [2.05, 4.69) is 17.3 Å². The monoisotopic (exact) mass is 293 g/mol. The van der Waals surface area contributed by atoms with Crippen LogP contribution in [0.5, 0.6) is 0 Å². The van der Waals surface area contributed by atoms with Gasteiger partial charge in [-0.3, -0.25) is 9.48 Å². The Morgan fingerprint density at radius 2 is 2.05 bits per heavy atom. The summed E-state index contributed by atoms with van der Waals surface area (Å²) >= 11 is 0. The van der Waals surface area contributed by atoms with Crippen molar-refractivity contribution in [2.24, 2.45) is 5.92 Å². The Labute approximate surface area is 124 Å². The van der Waals surface area contributed by atoms with Crippen LogP contribution in [0.25, 0.3) is 0 Å². The van der Waals surface area contributed by atoms with Crippen molar-refractivity contribution in [2.45, 2.75) is 58.5 Å². The number of aromatic nitrogens is 2. The number of rotatable bonds is 4. The maximum atomic E-state index is 12.2.